The van der Waals surface area contributed by atoms with Crippen molar-refractivity contribution in [3.8, 4) is 11.5 Å². The molecule has 0 spiro atoms. The van der Waals surface area contributed by atoms with Crippen molar-refractivity contribution in [1.29, 1.82) is 0 Å². The number of hydrogen-bond acceptors (Lipinski definition) is 4. The van der Waals surface area contributed by atoms with Gasteiger partial charge >= 0.3 is 6.03 Å². The molecule has 7 heteroatoms. The number of rotatable bonds is 8. The Morgan fingerprint density at radius 3 is 2.54 bits per heavy atom. The van der Waals surface area contributed by atoms with Gasteiger partial charge in [0.2, 0.25) is 0 Å². The lowest BCUT2D eigenvalue weighted by Gasteiger charge is -2.21. The summed E-state index contributed by atoms with van der Waals surface area (Å²) < 4.78 is 10.7. The molecular weight excluding hydrogens is 380 g/mol. The van der Waals surface area contributed by atoms with Crippen molar-refractivity contribution in [2.75, 3.05) is 20.3 Å². The molecule has 1 fully saturated rings. The highest BCUT2D eigenvalue weighted by atomic mass is 35.5. The van der Waals surface area contributed by atoms with E-state index < -0.39 is 11.6 Å². The van der Waals surface area contributed by atoms with E-state index in [-0.39, 0.29) is 19.1 Å². The molecule has 1 N–H and O–H groups in total. The molecule has 0 aromatic heterocycles. The fourth-order valence-corrected chi connectivity index (χ4v) is 3.30. The number of nitrogens with zero attached hydrogens (tertiary/aromatic N) is 1. The van der Waals surface area contributed by atoms with Crippen molar-refractivity contribution < 1.29 is 19.1 Å². The Hall–Kier alpha value is -2.73. The van der Waals surface area contributed by atoms with E-state index in [0.717, 1.165) is 11.3 Å². The van der Waals surface area contributed by atoms with Gasteiger partial charge in [-0.25, -0.2) is 4.79 Å². The number of benzene rings is 2. The molecule has 1 aliphatic heterocycles. The number of imide groups is 1. The Labute approximate surface area is 169 Å². The molecule has 1 heterocycles. The van der Waals surface area contributed by atoms with Gasteiger partial charge < -0.3 is 14.8 Å². The molecule has 0 radical (unpaired) electrons. The number of amides is 3. The Kier molecular flexibility index (Phi) is 6.09. The van der Waals surface area contributed by atoms with Crippen molar-refractivity contribution >= 4 is 23.5 Å². The Morgan fingerprint density at radius 2 is 1.86 bits per heavy atom. The number of nitrogens with one attached hydrogen (secondary N) is 1. The van der Waals surface area contributed by atoms with E-state index in [0.29, 0.717) is 23.6 Å². The van der Waals surface area contributed by atoms with Gasteiger partial charge in [0, 0.05) is 5.02 Å². The summed E-state index contributed by atoms with van der Waals surface area (Å²) >= 11 is 5.92. The highest BCUT2D eigenvalue weighted by Crippen LogP contribution is 2.24. The van der Waals surface area contributed by atoms with Gasteiger partial charge in [-0.15, -0.1) is 0 Å². The minimum absolute atomic E-state index is 0.176. The predicted molar refractivity (Wildman–Crippen MR) is 107 cm³/mol. The van der Waals surface area contributed by atoms with Crippen molar-refractivity contribution in [3.63, 3.8) is 0 Å². The molecule has 0 aliphatic carbocycles. The van der Waals surface area contributed by atoms with Crippen LogP contribution < -0.4 is 14.8 Å². The molecule has 6 nitrogen and oxygen atoms in total. The molecule has 1 aliphatic rings. The van der Waals surface area contributed by atoms with Gasteiger partial charge in [-0.1, -0.05) is 29.8 Å². The molecular formula is C21H23ClN2O4. The van der Waals surface area contributed by atoms with Crippen molar-refractivity contribution in [2.45, 2.75) is 25.3 Å². The zero-order valence-electron chi connectivity index (χ0n) is 15.9. The zero-order valence-corrected chi connectivity index (χ0v) is 16.7. The lowest BCUT2D eigenvalue weighted by Crippen LogP contribution is -2.44. The number of urea groups is 1. The van der Waals surface area contributed by atoms with Crippen LogP contribution in [0, 0.1) is 0 Å². The fraction of sp³-hybridized carbons (Fsp3) is 0.333. The molecule has 3 amide bonds. The first-order valence-corrected chi connectivity index (χ1v) is 9.44. The summed E-state index contributed by atoms with van der Waals surface area (Å²) in [5.74, 6) is 1.15. The number of hydrogen-bond donors (Lipinski definition) is 1. The summed E-state index contributed by atoms with van der Waals surface area (Å²) in [5, 5.41) is 3.38. The number of aryl methyl sites for hydroxylation is 1. The molecule has 0 saturated carbocycles. The monoisotopic (exact) mass is 402 g/mol. The van der Waals surface area contributed by atoms with E-state index in [9.17, 15) is 9.59 Å². The number of carbonyl (C=O) groups excluding carboxylic acids is 2. The molecule has 28 heavy (non-hydrogen) atoms. The second kappa shape index (κ2) is 8.52. The highest BCUT2D eigenvalue weighted by Gasteiger charge is 2.47. The van der Waals surface area contributed by atoms with Gasteiger partial charge in [-0.05, 0) is 55.7 Å². The third kappa shape index (κ3) is 4.57. The Bertz CT molecular complexity index is 856. The SMILES string of the molecule is COc1ccc(CCC2(C)NC(=O)N(CCOc3cccc(Cl)c3)C2=O)cc1. The van der Waals surface area contributed by atoms with Gasteiger partial charge in [0.25, 0.3) is 5.91 Å². The smallest absolute Gasteiger partial charge is 0.325 e. The average molecular weight is 403 g/mol. The first-order valence-electron chi connectivity index (χ1n) is 9.07. The normalized spacial score (nSPS) is 18.9. The average Bonchev–Trinajstić information content (AvgIpc) is 2.90. The van der Waals surface area contributed by atoms with Crippen molar-refractivity contribution in [3.05, 3.63) is 59.1 Å². The number of ether oxygens (including phenoxy) is 2. The second-order valence-electron chi connectivity index (χ2n) is 6.87. The van der Waals surface area contributed by atoms with Crippen LogP contribution >= 0.6 is 11.6 Å². The van der Waals surface area contributed by atoms with Gasteiger partial charge in [0.1, 0.15) is 23.6 Å². The summed E-state index contributed by atoms with van der Waals surface area (Å²) in [6.45, 7) is 2.14. The minimum atomic E-state index is -0.924. The molecule has 0 bridgehead atoms. The van der Waals surface area contributed by atoms with E-state index >= 15 is 0 Å². The quantitative estimate of drug-likeness (QED) is 0.684. The standard InChI is InChI=1S/C21H23ClN2O4/c1-21(11-10-15-6-8-17(27-2)9-7-15)19(25)24(20(26)23-21)12-13-28-18-5-3-4-16(22)14-18/h3-9,14H,10-13H2,1-2H3,(H,23,26). The van der Waals surface area contributed by atoms with Crippen LogP contribution in [0.5, 0.6) is 11.5 Å². The highest BCUT2D eigenvalue weighted by molar-refractivity contribution is 6.30. The summed E-state index contributed by atoms with van der Waals surface area (Å²) in [5.41, 5.74) is 0.152. The molecule has 2 aromatic carbocycles. The maximum atomic E-state index is 12.8. The third-order valence-corrected chi connectivity index (χ3v) is 5.03. The summed E-state index contributed by atoms with van der Waals surface area (Å²) in [7, 11) is 1.62. The van der Waals surface area contributed by atoms with Crippen molar-refractivity contribution in [1.82, 2.24) is 10.2 Å². The molecule has 1 saturated heterocycles. The van der Waals surface area contributed by atoms with Crippen LogP contribution in [0.15, 0.2) is 48.5 Å². The Morgan fingerprint density at radius 1 is 1.11 bits per heavy atom. The molecule has 1 atom stereocenters. The van der Waals surface area contributed by atoms with Gasteiger partial charge in [0.15, 0.2) is 0 Å². The van der Waals surface area contributed by atoms with E-state index in [1.807, 2.05) is 24.3 Å². The number of carbonyl (C=O) groups is 2. The molecule has 148 valence electrons. The maximum Gasteiger partial charge on any atom is 0.325 e. The van der Waals surface area contributed by atoms with E-state index in [2.05, 4.69) is 5.32 Å². The molecule has 3 rings (SSSR count). The van der Waals surface area contributed by atoms with E-state index in [4.69, 9.17) is 21.1 Å². The second-order valence-corrected chi connectivity index (χ2v) is 7.31. The maximum absolute atomic E-state index is 12.8. The van der Waals surface area contributed by atoms with Crippen LogP contribution in [0.3, 0.4) is 0 Å². The minimum Gasteiger partial charge on any atom is -0.497 e. The molecule has 1 unspecified atom stereocenters. The summed E-state index contributed by atoms with van der Waals surface area (Å²) in [4.78, 5) is 26.3. The van der Waals surface area contributed by atoms with Crippen LogP contribution in [0.2, 0.25) is 5.02 Å². The molecule has 2 aromatic rings. The fourth-order valence-electron chi connectivity index (χ4n) is 3.12. The number of methoxy groups -OCH3 is 1. The van der Waals surface area contributed by atoms with Gasteiger partial charge in [-0.3, -0.25) is 9.69 Å². The predicted octanol–water partition coefficient (Wildman–Crippen LogP) is 3.67. The first kappa shape index (κ1) is 20.0. The van der Waals surface area contributed by atoms with E-state index in [1.165, 1.54) is 4.90 Å². The van der Waals surface area contributed by atoms with Crippen LogP contribution in [0.4, 0.5) is 4.79 Å². The van der Waals surface area contributed by atoms with Gasteiger partial charge in [0.05, 0.1) is 13.7 Å². The van der Waals surface area contributed by atoms with E-state index in [1.54, 1.807) is 38.3 Å². The number of halogens is 1. The summed E-state index contributed by atoms with van der Waals surface area (Å²) in [6, 6.07) is 14.3. The lowest BCUT2D eigenvalue weighted by molar-refractivity contribution is -0.131. The third-order valence-electron chi connectivity index (χ3n) is 4.80. The van der Waals surface area contributed by atoms with Crippen molar-refractivity contribution in [2.24, 2.45) is 0 Å². The first-order chi connectivity index (χ1) is 13.4. The summed E-state index contributed by atoms with van der Waals surface area (Å²) in [6.07, 6.45) is 1.18. The topological polar surface area (TPSA) is 67.9 Å². The van der Waals surface area contributed by atoms with Crippen LogP contribution in [-0.2, 0) is 11.2 Å². The van der Waals surface area contributed by atoms with Crippen LogP contribution in [0.1, 0.15) is 18.9 Å². The lowest BCUT2D eigenvalue weighted by atomic mass is 9.93. The largest absolute Gasteiger partial charge is 0.497 e. The van der Waals surface area contributed by atoms with Crippen LogP contribution in [-0.4, -0.2) is 42.6 Å². The zero-order chi connectivity index (χ0) is 20.1. The van der Waals surface area contributed by atoms with Gasteiger partial charge in [-0.2, -0.15) is 0 Å². The Balaban J connectivity index is 1.55. The van der Waals surface area contributed by atoms with Crippen LogP contribution in [0.25, 0.3) is 0 Å².